The van der Waals surface area contributed by atoms with E-state index in [1.54, 1.807) is 12.1 Å². The average molecular weight is 314 g/mol. The maximum Gasteiger partial charge on any atom is 0.303 e. The third-order valence-electron chi connectivity index (χ3n) is 2.93. The zero-order valence-corrected chi connectivity index (χ0v) is 12.9. The summed E-state index contributed by atoms with van der Waals surface area (Å²) >= 11 is 0. The Balaban J connectivity index is 2.52. The lowest BCUT2D eigenvalue weighted by Gasteiger charge is -2.08. The molecule has 0 heterocycles. The number of carboxylic acid groups (broad SMARTS) is 1. The standard InChI is InChI=1S/C14H22N2O4S/c1-2-15-10-3-11-16-21(19,20)13-7-4-12(5-8-13)6-9-14(17)18/h4-5,7-8,15-16H,2-3,6,9-11H2,1H3,(H,17,18). The Morgan fingerprint density at radius 3 is 2.43 bits per heavy atom. The van der Waals surface area contributed by atoms with Crippen LogP contribution in [0.4, 0.5) is 0 Å². The van der Waals surface area contributed by atoms with E-state index in [2.05, 4.69) is 10.0 Å². The number of hydrogen-bond donors (Lipinski definition) is 3. The van der Waals surface area contributed by atoms with Gasteiger partial charge >= 0.3 is 5.97 Å². The van der Waals surface area contributed by atoms with Gasteiger partial charge in [0.25, 0.3) is 0 Å². The Morgan fingerprint density at radius 1 is 1.19 bits per heavy atom. The number of carbonyl (C=O) groups is 1. The monoisotopic (exact) mass is 314 g/mol. The highest BCUT2D eigenvalue weighted by molar-refractivity contribution is 7.89. The molecular weight excluding hydrogens is 292 g/mol. The molecule has 0 saturated heterocycles. The fraction of sp³-hybridized carbons (Fsp3) is 0.500. The molecule has 0 fully saturated rings. The summed E-state index contributed by atoms with van der Waals surface area (Å²) in [4.78, 5) is 10.7. The SMILES string of the molecule is CCNCCCNS(=O)(=O)c1ccc(CCC(=O)O)cc1. The second-order valence-electron chi connectivity index (χ2n) is 4.64. The molecule has 0 aliphatic heterocycles. The predicted octanol–water partition coefficient (Wildman–Crippen LogP) is 0.982. The first-order valence-corrected chi connectivity index (χ1v) is 8.45. The van der Waals surface area contributed by atoms with Crippen molar-refractivity contribution >= 4 is 16.0 Å². The highest BCUT2D eigenvalue weighted by Gasteiger charge is 2.12. The molecule has 1 aromatic rings. The summed E-state index contributed by atoms with van der Waals surface area (Å²) in [6.07, 6.45) is 1.16. The van der Waals surface area contributed by atoms with Crippen LogP contribution in [0.15, 0.2) is 29.2 Å². The maximum atomic E-state index is 12.0. The Hall–Kier alpha value is -1.44. The molecule has 7 heteroatoms. The molecule has 1 aromatic carbocycles. The first-order chi connectivity index (χ1) is 9.95. The van der Waals surface area contributed by atoms with Crippen LogP contribution in [0.2, 0.25) is 0 Å². The van der Waals surface area contributed by atoms with Crippen LogP contribution in [-0.2, 0) is 21.2 Å². The van der Waals surface area contributed by atoms with E-state index in [1.165, 1.54) is 12.1 Å². The summed E-state index contributed by atoms with van der Waals surface area (Å²) < 4.78 is 26.6. The van der Waals surface area contributed by atoms with Gasteiger partial charge in [-0.1, -0.05) is 19.1 Å². The second-order valence-corrected chi connectivity index (χ2v) is 6.41. The molecule has 118 valence electrons. The quantitative estimate of drug-likeness (QED) is 0.560. The van der Waals surface area contributed by atoms with Gasteiger partial charge in [-0.3, -0.25) is 4.79 Å². The van der Waals surface area contributed by atoms with Crippen molar-refractivity contribution in [3.63, 3.8) is 0 Å². The van der Waals surface area contributed by atoms with Gasteiger partial charge in [-0.15, -0.1) is 0 Å². The highest BCUT2D eigenvalue weighted by atomic mass is 32.2. The molecule has 0 aromatic heterocycles. The third-order valence-corrected chi connectivity index (χ3v) is 4.41. The van der Waals surface area contributed by atoms with Crippen LogP contribution in [0.25, 0.3) is 0 Å². The topological polar surface area (TPSA) is 95.5 Å². The number of benzene rings is 1. The minimum Gasteiger partial charge on any atom is -0.481 e. The van der Waals surface area contributed by atoms with E-state index in [0.717, 1.165) is 25.1 Å². The molecule has 3 N–H and O–H groups in total. The van der Waals surface area contributed by atoms with Crippen molar-refractivity contribution in [2.75, 3.05) is 19.6 Å². The van der Waals surface area contributed by atoms with Crippen LogP contribution < -0.4 is 10.0 Å². The number of sulfonamides is 1. The van der Waals surface area contributed by atoms with E-state index in [1.807, 2.05) is 6.92 Å². The van der Waals surface area contributed by atoms with E-state index in [9.17, 15) is 13.2 Å². The summed E-state index contributed by atoms with van der Waals surface area (Å²) in [6.45, 7) is 4.02. The van der Waals surface area contributed by atoms with Crippen molar-refractivity contribution in [3.05, 3.63) is 29.8 Å². The molecule has 0 aliphatic carbocycles. The number of aliphatic carboxylic acids is 1. The van der Waals surface area contributed by atoms with Crippen molar-refractivity contribution in [1.82, 2.24) is 10.0 Å². The molecule has 6 nitrogen and oxygen atoms in total. The Labute approximate surface area is 125 Å². The normalized spacial score (nSPS) is 11.5. The lowest BCUT2D eigenvalue weighted by atomic mass is 10.1. The molecule has 0 atom stereocenters. The smallest absolute Gasteiger partial charge is 0.303 e. The first-order valence-electron chi connectivity index (χ1n) is 6.97. The van der Waals surface area contributed by atoms with Gasteiger partial charge in [-0.05, 0) is 43.6 Å². The van der Waals surface area contributed by atoms with Crippen LogP contribution in [0.3, 0.4) is 0 Å². The van der Waals surface area contributed by atoms with Crippen LogP contribution in [0.1, 0.15) is 25.3 Å². The minimum absolute atomic E-state index is 0.0365. The van der Waals surface area contributed by atoms with Crippen molar-refractivity contribution in [2.45, 2.75) is 31.1 Å². The molecule has 0 saturated carbocycles. The van der Waals surface area contributed by atoms with Crippen LogP contribution in [0.5, 0.6) is 0 Å². The predicted molar refractivity (Wildman–Crippen MR) is 80.7 cm³/mol. The number of carboxylic acids is 1. The van der Waals surface area contributed by atoms with Crippen LogP contribution in [0, 0.1) is 0 Å². The van der Waals surface area contributed by atoms with Gasteiger partial charge in [-0.25, -0.2) is 13.1 Å². The zero-order chi connectivity index (χ0) is 15.7. The number of nitrogens with one attached hydrogen (secondary N) is 2. The lowest BCUT2D eigenvalue weighted by molar-refractivity contribution is -0.136. The fourth-order valence-corrected chi connectivity index (χ4v) is 2.84. The van der Waals surface area contributed by atoms with Gasteiger partial charge in [0, 0.05) is 13.0 Å². The first kappa shape index (κ1) is 17.6. The molecule has 21 heavy (non-hydrogen) atoms. The second kappa shape index (κ2) is 8.76. The summed E-state index contributed by atoms with van der Waals surface area (Å²) in [6, 6.07) is 6.31. The van der Waals surface area contributed by atoms with Gasteiger partial charge in [0.2, 0.25) is 10.0 Å². The summed E-state index contributed by atoms with van der Waals surface area (Å²) in [5, 5.41) is 11.7. The molecule has 0 bridgehead atoms. The number of rotatable bonds is 10. The Kier molecular flexibility index (Phi) is 7.35. The van der Waals surface area contributed by atoms with Crippen LogP contribution in [-0.4, -0.2) is 39.1 Å². The largest absolute Gasteiger partial charge is 0.481 e. The van der Waals surface area contributed by atoms with E-state index < -0.39 is 16.0 Å². The Bertz CT molecular complexity index is 541. The number of aryl methyl sites for hydroxylation is 1. The number of hydrogen-bond acceptors (Lipinski definition) is 4. The lowest BCUT2D eigenvalue weighted by Crippen LogP contribution is -2.27. The zero-order valence-electron chi connectivity index (χ0n) is 12.1. The van der Waals surface area contributed by atoms with E-state index in [4.69, 9.17) is 5.11 Å². The molecular formula is C14H22N2O4S. The highest BCUT2D eigenvalue weighted by Crippen LogP contribution is 2.11. The molecule has 0 aliphatic rings. The van der Waals surface area contributed by atoms with Crippen molar-refractivity contribution in [1.29, 1.82) is 0 Å². The van der Waals surface area contributed by atoms with Gasteiger partial charge < -0.3 is 10.4 Å². The summed E-state index contributed by atoms with van der Waals surface area (Å²) in [5.74, 6) is -0.867. The fourth-order valence-electron chi connectivity index (χ4n) is 1.77. The van der Waals surface area contributed by atoms with Gasteiger partial charge in [0.05, 0.1) is 4.90 Å². The molecule has 0 radical (unpaired) electrons. The van der Waals surface area contributed by atoms with Crippen molar-refractivity contribution in [3.8, 4) is 0 Å². The molecule has 0 unspecified atom stereocenters. The molecule has 0 spiro atoms. The Morgan fingerprint density at radius 2 is 1.86 bits per heavy atom. The van der Waals surface area contributed by atoms with Gasteiger partial charge in [0.15, 0.2) is 0 Å². The summed E-state index contributed by atoms with van der Waals surface area (Å²) in [7, 11) is -3.49. The van der Waals surface area contributed by atoms with Crippen LogP contribution >= 0.6 is 0 Å². The minimum atomic E-state index is -3.49. The molecule has 1 rings (SSSR count). The van der Waals surface area contributed by atoms with Gasteiger partial charge in [-0.2, -0.15) is 0 Å². The average Bonchev–Trinajstić information content (AvgIpc) is 2.45. The third kappa shape index (κ3) is 6.70. The van der Waals surface area contributed by atoms with E-state index in [-0.39, 0.29) is 11.3 Å². The van der Waals surface area contributed by atoms with E-state index in [0.29, 0.717) is 13.0 Å². The summed E-state index contributed by atoms with van der Waals surface area (Å²) in [5.41, 5.74) is 0.809. The van der Waals surface area contributed by atoms with Crippen molar-refractivity contribution < 1.29 is 18.3 Å². The molecule has 0 amide bonds. The van der Waals surface area contributed by atoms with E-state index >= 15 is 0 Å². The maximum absolute atomic E-state index is 12.0. The van der Waals surface area contributed by atoms with Gasteiger partial charge in [0.1, 0.15) is 0 Å². The van der Waals surface area contributed by atoms with Crippen molar-refractivity contribution in [2.24, 2.45) is 0 Å².